The molecule has 0 atom stereocenters. The van der Waals surface area contributed by atoms with Crippen molar-refractivity contribution >= 4 is 41.6 Å². The third kappa shape index (κ3) is 4.21. The van der Waals surface area contributed by atoms with E-state index < -0.39 is 0 Å². The number of nitrogens with one attached hydrogen (secondary N) is 1. The van der Waals surface area contributed by atoms with Gasteiger partial charge in [0.05, 0.1) is 4.88 Å². The molecule has 17 heavy (non-hydrogen) atoms. The molecule has 1 saturated heterocycles. The van der Waals surface area contributed by atoms with E-state index in [1.54, 1.807) is 6.07 Å². The first-order chi connectivity index (χ1) is 8.25. The van der Waals surface area contributed by atoms with E-state index in [0.29, 0.717) is 0 Å². The highest BCUT2D eigenvalue weighted by Crippen LogP contribution is 2.17. The van der Waals surface area contributed by atoms with Crippen LogP contribution < -0.4 is 5.32 Å². The second-order valence-electron chi connectivity index (χ2n) is 3.88. The van der Waals surface area contributed by atoms with Gasteiger partial charge in [-0.25, -0.2) is 0 Å². The van der Waals surface area contributed by atoms with Gasteiger partial charge in [0.2, 0.25) is 0 Å². The summed E-state index contributed by atoms with van der Waals surface area (Å²) in [6, 6.07) is 1.81. The number of thiophene rings is 1. The fraction of sp³-hybridized carbons (Fsp3) is 0.545. The minimum Gasteiger partial charge on any atom is -0.350 e. The summed E-state index contributed by atoms with van der Waals surface area (Å²) in [6.45, 7) is 3.95. The van der Waals surface area contributed by atoms with Crippen LogP contribution in [-0.2, 0) is 0 Å². The van der Waals surface area contributed by atoms with E-state index in [0.717, 1.165) is 36.0 Å². The number of hydrogen-bond donors (Lipinski definition) is 2. The van der Waals surface area contributed by atoms with Gasteiger partial charge in [-0.3, -0.25) is 9.69 Å². The van der Waals surface area contributed by atoms with Crippen LogP contribution >= 0.6 is 35.7 Å². The lowest BCUT2D eigenvalue weighted by atomic mass is 10.4. The Kier molecular flexibility index (Phi) is 5.21. The van der Waals surface area contributed by atoms with Gasteiger partial charge >= 0.3 is 0 Å². The zero-order valence-corrected chi connectivity index (χ0v) is 12.0. The van der Waals surface area contributed by atoms with Crippen molar-refractivity contribution in [2.24, 2.45) is 0 Å². The third-order valence-electron chi connectivity index (χ3n) is 2.63. The summed E-state index contributed by atoms with van der Waals surface area (Å²) in [5, 5.41) is 4.82. The first-order valence-corrected chi connectivity index (χ1v) is 8.09. The summed E-state index contributed by atoms with van der Waals surface area (Å²) in [5.41, 5.74) is 0. The smallest absolute Gasteiger partial charge is 0.261 e. The number of amides is 1. The maximum absolute atomic E-state index is 11.7. The van der Waals surface area contributed by atoms with Crippen molar-refractivity contribution in [1.82, 2.24) is 10.2 Å². The largest absolute Gasteiger partial charge is 0.350 e. The van der Waals surface area contributed by atoms with Gasteiger partial charge in [0.1, 0.15) is 0 Å². The lowest BCUT2D eigenvalue weighted by Crippen LogP contribution is -2.39. The van der Waals surface area contributed by atoms with E-state index in [4.69, 9.17) is 0 Å². The maximum atomic E-state index is 11.7. The lowest BCUT2D eigenvalue weighted by Gasteiger charge is -2.25. The van der Waals surface area contributed by atoms with Crippen molar-refractivity contribution in [3.05, 3.63) is 16.3 Å². The number of rotatable bonds is 4. The van der Waals surface area contributed by atoms with E-state index in [9.17, 15) is 4.79 Å². The Morgan fingerprint density at radius 2 is 2.24 bits per heavy atom. The molecular formula is C11H16N2OS3. The number of nitrogens with zero attached hydrogens (tertiary/aromatic N) is 1. The lowest BCUT2D eigenvalue weighted by molar-refractivity contribution is 0.0953. The van der Waals surface area contributed by atoms with Gasteiger partial charge in [-0.15, -0.1) is 24.0 Å². The van der Waals surface area contributed by atoms with E-state index in [2.05, 4.69) is 22.8 Å². The zero-order chi connectivity index (χ0) is 12.1. The van der Waals surface area contributed by atoms with Crippen LogP contribution in [0, 0.1) is 0 Å². The zero-order valence-electron chi connectivity index (χ0n) is 9.52. The molecule has 1 amide bonds. The van der Waals surface area contributed by atoms with Crippen LogP contribution in [-0.4, -0.2) is 48.5 Å². The van der Waals surface area contributed by atoms with Crippen LogP contribution in [0.3, 0.4) is 0 Å². The Labute approximate surface area is 115 Å². The quantitative estimate of drug-likeness (QED) is 0.829. The molecule has 0 aromatic carbocycles. The highest BCUT2D eigenvalue weighted by Gasteiger charge is 2.11. The SMILES string of the molecule is O=C(NCCN1CCSCC1)c1cc(S)cs1. The first-order valence-electron chi connectivity index (χ1n) is 5.61. The van der Waals surface area contributed by atoms with Crippen molar-refractivity contribution in [1.29, 1.82) is 0 Å². The van der Waals surface area contributed by atoms with Crippen LogP contribution in [0.25, 0.3) is 0 Å². The minimum atomic E-state index is 0.0154. The highest BCUT2D eigenvalue weighted by molar-refractivity contribution is 7.99. The summed E-state index contributed by atoms with van der Waals surface area (Å²) < 4.78 is 0. The van der Waals surface area contributed by atoms with Crippen molar-refractivity contribution in [2.45, 2.75) is 4.90 Å². The molecule has 1 fully saturated rings. The van der Waals surface area contributed by atoms with Gasteiger partial charge in [0.25, 0.3) is 5.91 Å². The number of thiol groups is 1. The molecule has 1 aliphatic rings. The Morgan fingerprint density at radius 1 is 1.47 bits per heavy atom. The molecule has 0 bridgehead atoms. The standard InChI is InChI=1S/C11H16N2OS3/c14-11(10-7-9(15)8-17-10)12-1-2-13-3-5-16-6-4-13/h7-8,15H,1-6H2,(H,12,14). The van der Waals surface area contributed by atoms with Crippen molar-refractivity contribution in [2.75, 3.05) is 37.7 Å². The molecule has 0 radical (unpaired) electrons. The Morgan fingerprint density at radius 3 is 2.88 bits per heavy atom. The highest BCUT2D eigenvalue weighted by atomic mass is 32.2. The molecule has 0 unspecified atom stereocenters. The maximum Gasteiger partial charge on any atom is 0.261 e. The average molecular weight is 288 g/mol. The molecule has 2 rings (SSSR count). The molecule has 1 N–H and O–H groups in total. The Balaban J connectivity index is 1.69. The molecule has 0 spiro atoms. The van der Waals surface area contributed by atoms with Crippen molar-refractivity contribution in [3.8, 4) is 0 Å². The van der Waals surface area contributed by atoms with Crippen LogP contribution in [0.2, 0.25) is 0 Å². The van der Waals surface area contributed by atoms with Crippen LogP contribution in [0.15, 0.2) is 16.3 Å². The van der Waals surface area contributed by atoms with Gasteiger partial charge in [-0.2, -0.15) is 11.8 Å². The number of hydrogen-bond acceptors (Lipinski definition) is 5. The predicted octanol–water partition coefficient (Wildman–Crippen LogP) is 1.82. The summed E-state index contributed by atoms with van der Waals surface area (Å²) >= 11 is 7.63. The van der Waals surface area contributed by atoms with E-state index in [-0.39, 0.29) is 5.91 Å². The van der Waals surface area contributed by atoms with Crippen LogP contribution in [0.4, 0.5) is 0 Å². The molecule has 0 aliphatic carbocycles. The third-order valence-corrected chi connectivity index (χ3v) is 4.93. The topological polar surface area (TPSA) is 32.3 Å². The van der Waals surface area contributed by atoms with Gasteiger partial charge in [-0.1, -0.05) is 0 Å². The van der Waals surface area contributed by atoms with Crippen LogP contribution in [0.5, 0.6) is 0 Å². The summed E-state index contributed by atoms with van der Waals surface area (Å²) in [7, 11) is 0. The van der Waals surface area contributed by atoms with Crippen molar-refractivity contribution < 1.29 is 4.79 Å². The molecule has 2 heterocycles. The molecule has 1 aromatic heterocycles. The monoisotopic (exact) mass is 288 g/mol. The Bertz CT molecular complexity index is 375. The van der Waals surface area contributed by atoms with Crippen LogP contribution in [0.1, 0.15) is 9.67 Å². The second kappa shape index (κ2) is 6.68. The molecule has 0 saturated carbocycles. The molecule has 1 aromatic rings. The summed E-state index contributed by atoms with van der Waals surface area (Å²) in [4.78, 5) is 15.7. The predicted molar refractivity (Wildman–Crippen MR) is 77.7 cm³/mol. The van der Waals surface area contributed by atoms with E-state index in [1.165, 1.54) is 22.8 Å². The van der Waals surface area contributed by atoms with Crippen molar-refractivity contribution in [3.63, 3.8) is 0 Å². The fourth-order valence-corrected chi connectivity index (χ4v) is 3.73. The summed E-state index contributed by atoms with van der Waals surface area (Å²) in [6.07, 6.45) is 0. The van der Waals surface area contributed by atoms with Gasteiger partial charge in [0.15, 0.2) is 0 Å². The minimum absolute atomic E-state index is 0.0154. The number of thioether (sulfide) groups is 1. The molecule has 94 valence electrons. The molecule has 6 heteroatoms. The van der Waals surface area contributed by atoms with Gasteiger partial charge in [-0.05, 0) is 6.07 Å². The number of carbonyl (C=O) groups excluding carboxylic acids is 1. The Hall–Kier alpha value is -0.170. The van der Waals surface area contributed by atoms with E-state index in [1.807, 2.05) is 17.1 Å². The second-order valence-corrected chi connectivity index (χ2v) is 6.53. The molecule has 3 nitrogen and oxygen atoms in total. The summed E-state index contributed by atoms with van der Waals surface area (Å²) in [5.74, 6) is 2.44. The van der Waals surface area contributed by atoms with Gasteiger partial charge in [0, 0.05) is 48.0 Å². The molecular weight excluding hydrogens is 272 g/mol. The first kappa shape index (κ1) is 13.3. The fourth-order valence-electron chi connectivity index (χ4n) is 1.68. The number of carbonyl (C=O) groups is 1. The van der Waals surface area contributed by atoms with E-state index >= 15 is 0 Å². The normalized spacial score (nSPS) is 17.0. The average Bonchev–Trinajstić information content (AvgIpc) is 2.77. The van der Waals surface area contributed by atoms with Gasteiger partial charge < -0.3 is 5.32 Å². The molecule has 1 aliphatic heterocycles.